The van der Waals surface area contributed by atoms with Gasteiger partial charge in [-0.05, 0) is 26.0 Å². The smallest absolute Gasteiger partial charge is 0.410 e. The molecule has 7 heteroatoms. The molecule has 1 N–H and O–H groups in total. The van der Waals surface area contributed by atoms with Crippen molar-refractivity contribution in [2.45, 2.75) is 45.4 Å². The van der Waals surface area contributed by atoms with Crippen LogP contribution in [-0.2, 0) is 11.3 Å². The lowest BCUT2D eigenvalue weighted by Crippen LogP contribution is -2.51. The molecule has 26 heavy (non-hydrogen) atoms. The van der Waals surface area contributed by atoms with Crippen molar-refractivity contribution in [1.29, 1.82) is 0 Å². The molecule has 1 aromatic rings. The second-order valence-corrected chi connectivity index (χ2v) is 7.35. The molecule has 1 aromatic heterocycles. The number of anilines is 1. The Hall–Kier alpha value is -1.86. The first kappa shape index (κ1) is 18.9. The van der Waals surface area contributed by atoms with Gasteiger partial charge in [-0.25, -0.2) is 4.79 Å². The molecule has 7 nitrogen and oxygen atoms in total. The number of aliphatic hydroxyl groups excluding tert-OH is 1. The summed E-state index contributed by atoms with van der Waals surface area (Å²) in [6.45, 7) is 9.37. The summed E-state index contributed by atoms with van der Waals surface area (Å²) < 4.78 is 5.74. The summed E-state index contributed by atoms with van der Waals surface area (Å²) in [4.78, 5) is 23.1. The molecule has 0 saturated carbocycles. The first-order valence-electron chi connectivity index (χ1n) is 9.57. The Labute approximate surface area is 155 Å². The van der Waals surface area contributed by atoms with Gasteiger partial charge < -0.3 is 19.6 Å². The van der Waals surface area contributed by atoms with Crippen LogP contribution in [0.4, 0.5) is 10.5 Å². The Morgan fingerprint density at radius 1 is 1.19 bits per heavy atom. The van der Waals surface area contributed by atoms with E-state index in [1.807, 2.05) is 17.0 Å². The van der Waals surface area contributed by atoms with E-state index in [9.17, 15) is 4.79 Å². The van der Waals surface area contributed by atoms with Crippen molar-refractivity contribution in [2.75, 3.05) is 44.2 Å². The number of hydrogen-bond donors (Lipinski definition) is 1. The van der Waals surface area contributed by atoms with Gasteiger partial charge in [0.1, 0.15) is 6.10 Å². The lowest BCUT2D eigenvalue weighted by atomic mass is 10.1. The second kappa shape index (κ2) is 8.68. The van der Waals surface area contributed by atoms with Gasteiger partial charge in [-0.15, -0.1) is 0 Å². The molecule has 0 aliphatic carbocycles. The normalized spacial score (nSPS) is 19.8. The zero-order valence-corrected chi connectivity index (χ0v) is 15.8. The molecule has 0 spiro atoms. The van der Waals surface area contributed by atoms with Crippen molar-refractivity contribution in [3.05, 3.63) is 24.0 Å². The zero-order chi connectivity index (χ0) is 18.5. The van der Waals surface area contributed by atoms with Gasteiger partial charge in [0.25, 0.3) is 0 Å². The third-order valence-corrected chi connectivity index (χ3v) is 5.35. The van der Waals surface area contributed by atoms with Crippen LogP contribution in [-0.4, -0.2) is 77.4 Å². The number of amides is 1. The molecule has 0 radical (unpaired) electrons. The summed E-state index contributed by atoms with van der Waals surface area (Å²) in [5.74, 6) is 0. The Morgan fingerprint density at radius 3 is 2.42 bits per heavy atom. The molecular formula is C19H30N4O3. The first-order valence-corrected chi connectivity index (χ1v) is 9.57. The largest absolute Gasteiger partial charge is 0.446 e. The number of aromatic nitrogens is 1. The quantitative estimate of drug-likeness (QED) is 0.879. The fourth-order valence-corrected chi connectivity index (χ4v) is 3.57. The van der Waals surface area contributed by atoms with Crippen LogP contribution in [0.1, 0.15) is 32.4 Å². The molecule has 144 valence electrons. The highest BCUT2D eigenvalue weighted by atomic mass is 16.6. The molecular weight excluding hydrogens is 332 g/mol. The van der Waals surface area contributed by atoms with Crippen molar-refractivity contribution >= 4 is 11.8 Å². The first-order chi connectivity index (χ1) is 12.6. The van der Waals surface area contributed by atoms with E-state index in [0.717, 1.165) is 57.8 Å². The molecule has 2 aliphatic heterocycles. The SMILES string of the molecule is CC(C)N1CCN(C(=O)OC2CCN(c3ccc(CO)nc3)CC2)CC1. The Balaban J connectivity index is 1.43. The maximum atomic E-state index is 12.4. The summed E-state index contributed by atoms with van der Waals surface area (Å²) >= 11 is 0. The minimum atomic E-state index is -0.166. The average molecular weight is 362 g/mol. The highest BCUT2D eigenvalue weighted by molar-refractivity contribution is 5.68. The minimum absolute atomic E-state index is 0.00782. The minimum Gasteiger partial charge on any atom is -0.446 e. The lowest BCUT2D eigenvalue weighted by molar-refractivity contribution is 0.0338. The summed E-state index contributed by atoms with van der Waals surface area (Å²) in [5, 5.41) is 9.08. The lowest BCUT2D eigenvalue weighted by Gasteiger charge is -2.38. The van der Waals surface area contributed by atoms with Gasteiger partial charge in [0.15, 0.2) is 0 Å². The van der Waals surface area contributed by atoms with E-state index in [-0.39, 0.29) is 18.8 Å². The number of hydrogen-bond acceptors (Lipinski definition) is 6. The monoisotopic (exact) mass is 362 g/mol. The summed E-state index contributed by atoms with van der Waals surface area (Å²) in [6.07, 6.45) is 3.29. The third kappa shape index (κ3) is 4.65. The van der Waals surface area contributed by atoms with E-state index in [1.54, 1.807) is 6.20 Å². The van der Waals surface area contributed by atoms with Gasteiger partial charge in [-0.2, -0.15) is 0 Å². The van der Waals surface area contributed by atoms with Crippen LogP contribution in [0.2, 0.25) is 0 Å². The van der Waals surface area contributed by atoms with Crippen LogP contribution in [0.5, 0.6) is 0 Å². The number of ether oxygens (including phenoxy) is 1. The highest BCUT2D eigenvalue weighted by Crippen LogP contribution is 2.21. The fraction of sp³-hybridized carbons (Fsp3) is 0.684. The fourth-order valence-electron chi connectivity index (χ4n) is 3.57. The van der Waals surface area contributed by atoms with E-state index in [0.29, 0.717) is 11.7 Å². The van der Waals surface area contributed by atoms with E-state index in [4.69, 9.17) is 9.84 Å². The number of piperidine rings is 1. The molecule has 1 amide bonds. The van der Waals surface area contributed by atoms with Crippen LogP contribution < -0.4 is 4.90 Å². The van der Waals surface area contributed by atoms with Crippen LogP contribution in [0.3, 0.4) is 0 Å². The van der Waals surface area contributed by atoms with Gasteiger partial charge in [-0.1, -0.05) is 0 Å². The molecule has 3 heterocycles. The molecule has 0 aromatic carbocycles. The second-order valence-electron chi connectivity index (χ2n) is 7.35. The third-order valence-electron chi connectivity index (χ3n) is 5.35. The van der Waals surface area contributed by atoms with Gasteiger partial charge in [0.05, 0.1) is 24.2 Å². The summed E-state index contributed by atoms with van der Waals surface area (Å²) in [5.41, 5.74) is 1.73. The number of carbonyl (C=O) groups excluding carboxylic acids is 1. The van der Waals surface area contributed by atoms with E-state index in [1.165, 1.54) is 0 Å². The molecule has 2 fully saturated rings. The topological polar surface area (TPSA) is 69.1 Å². The highest BCUT2D eigenvalue weighted by Gasteiger charge is 2.27. The number of nitrogens with zero attached hydrogens (tertiary/aromatic N) is 4. The van der Waals surface area contributed by atoms with Crippen LogP contribution in [0.15, 0.2) is 18.3 Å². The van der Waals surface area contributed by atoms with E-state index >= 15 is 0 Å². The summed E-state index contributed by atoms with van der Waals surface area (Å²) in [7, 11) is 0. The predicted octanol–water partition coefficient (Wildman–Crippen LogP) is 1.71. The number of aliphatic hydroxyl groups is 1. The molecule has 3 rings (SSSR count). The van der Waals surface area contributed by atoms with Crippen molar-refractivity contribution in [3.63, 3.8) is 0 Å². The number of pyridine rings is 1. The van der Waals surface area contributed by atoms with Crippen molar-refractivity contribution in [2.24, 2.45) is 0 Å². The van der Waals surface area contributed by atoms with E-state index < -0.39 is 0 Å². The Bertz CT molecular complexity index is 577. The maximum absolute atomic E-state index is 12.4. The van der Waals surface area contributed by atoms with Crippen molar-refractivity contribution in [3.8, 4) is 0 Å². The number of carbonyl (C=O) groups is 1. The maximum Gasteiger partial charge on any atom is 0.410 e. The number of piperazine rings is 1. The zero-order valence-electron chi connectivity index (χ0n) is 15.8. The van der Waals surface area contributed by atoms with Crippen molar-refractivity contribution < 1.29 is 14.6 Å². The van der Waals surface area contributed by atoms with Crippen LogP contribution in [0.25, 0.3) is 0 Å². The molecule has 2 saturated heterocycles. The van der Waals surface area contributed by atoms with Crippen LogP contribution >= 0.6 is 0 Å². The van der Waals surface area contributed by atoms with Gasteiger partial charge in [0, 0.05) is 58.2 Å². The van der Waals surface area contributed by atoms with E-state index in [2.05, 4.69) is 28.6 Å². The van der Waals surface area contributed by atoms with Gasteiger partial charge in [-0.3, -0.25) is 9.88 Å². The molecule has 0 unspecified atom stereocenters. The Morgan fingerprint density at radius 2 is 1.88 bits per heavy atom. The van der Waals surface area contributed by atoms with Gasteiger partial charge >= 0.3 is 6.09 Å². The standard InChI is InChI=1S/C19H30N4O3/c1-15(2)21-9-11-23(12-10-21)19(25)26-18-5-7-22(8-6-18)17-4-3-16(14-24)20-13-17/h3-4,13,15,18,24H,5-12,14H2,1-2H3. The molecule has 0 atom stereocenters. The van der Waals surface area contributed by atoms with Crippen LogP contribution in [0, 0.1) is 0 Å². The van der Waals surface area contributed by atoms with Crippen molar-refractivity contribution in [1.82, 2.24) is 14.8 Å². The van der Waals surface area contributed by atoms with Gasteiger partial charge in [0.2, 0.25) is 0 Å². The predicted molar refractivity (Wildman–Crippen MR) is 100 cm³/mol. The molecule has 2 aliphatic rings. The molecule has 0 bridgehead atoms. The number of rotatable bonds is 4. The Kier molecular flexibility index (Phi) is 6.32. The average Bonchev–Trinajstić information content (AvgIpc) is 2.68. The summed E-state index contributed by atoms with van der Waals surface area (Å²) in [6, 6.07) is 4.36.